The van der Waals surface area contributed by atoms with Crippen LogP contribution in [0.1, 0.15) is 41.2 Å². The molecule has 1 aliphatic heterocycles. The predicted octanol–water partition coefficient (Wildman–Crippen LogP) is 4.40. The Bertz CT molecular complexity index is 1060. The van der Waals surface area contributed by atoms with Gasteiger partial charge in [-0.15, -0.1) is 0 Å². The molecule has 4 rings (SSSR count). The minimum atomic E-state index is -0.623. The molecule has 1 saturated heterocycles. The van der Waals surface area contributed by atoms with Crippen molar-refractivity contribution in [2.24, 2.45) is 0 Å². The van der Waals surface area contributed by atoms with E-state index in [1.54, 1.807) is 18.2 Å². The van der Waals surface area contributed by atoms with Crippen molar-refractivity contribution < 1.29 is 9.21 Å². The highest BCUT2D eigenvalue weighted by molar-refractivity contribution is 6.30. The SMILES string of the molecule is O=C(NC[C@@H](c1ccc(Cl)cc1)N1CCCCC1)c1cc2ccccc2oc1=O. The van der Waals surface area contributed by atoms with Crippen LogP contribution in [0.2, 0.25) is 5.02 Å². The van der Waals surface area contributed by atoms with Gasteiger partial charge in [-0.1, -0.05) is 48.4 Å². The Labute approximate surface area is 174 Å². The standard InChI is InChI=1S/C23H23ClN2O3/c24-18-10-8-16(9-11-18)20(26-12-4-1-5-13-26)15-25-22(27)19-14-17-6-2-3-7-21(17)29-23(19)28/h2-3,6-11,14,20H,1,4-5,12-13,15H2,(H,25,27)/t20-/m0/s1. The van der Waals surface area contributed by atoms with Crippen molar-refractivity contribution in [3.63, 3.8) is 0 Å². The first-order chi connectivity index (χ1) is 14.1. The highest BCUT2D eigenvalue weighted by Gasteiger charge is 2.24. The van der Waals surface area contributed by atoms with Crippen molar-refractivity contribution in [3.05, 3.63) is 81.2 Å². The fourth-order valence-corrected chi connectivity index (χ4v) is 4.00. The average molecular weight is 411 g/mol. The molecule has 29 heavy (non-hydrogen) atoms. The Kier molecular flexibility index (Phi) is 5.97. The molecule has 1 fully saturated rings. The van der Waals surface area contributed by atoms with E-state index in [9.17, 15) is 9.59 Å². The predicted molar refractivity (Wildman–Crippen MR) is 114 cm³/mol. The van der Waals surface area contributed by atoms with Gasteiger partial charge in [0.2, 0.25) is 0 Å². The van der Waals surface area contributed by atoms with Crippen molar-refractivity contribution in [2.75, 3.05) is 19.6 Å². The van der Waals surface area contributed by atoms with E-state index < -0.39 is 11.5 Å². The van der Waals surface area contributed by atoms with Crippen molar-refractivity contribution in [3.8, 4) is 0 Å². The van der Waals surface area contributed by atoms with E-state index >= 15 is 0 Å². The number of nitrogens with zero attached hydrogens (tertiary/aromatic N) is 1. The number of para-hydroxylation sites is 1. The second-order valence-electron chi connectivity index (χ2n) is 7.36. The van der Waals surface area contributed by atoms with Crippen LogP contribution in [0.3, 0.4) is 0 Å². The Morgan fingerprint density at radius 3 is 2.55 bits per heavy atom. The maximum Gasteiger partial charge on any atom is 0.349 e. The van der Waals surface area contributed by atoms with Gasteiger partial charge in [0, 0.05) is 17.0 Å². The molecule has 0 radical (unpaired) electrons. The van der Waals surface area contributed by atoms with Crippen LogP contribution < -0.4 is 10.9 Å². The molecule has 1 aliphatic rings. The lowest BCUT2D eigenvalue weighted by Gasteiger charge is -2.35. The van der Waals surface area contributed by atoms with Crippen LogP contribution >= 0.6 is 11.6 Å². The van der Waals surface area contributed by atoms with Crippen LogP contribution in [-0.2, 0) is 0 Å². The Morgan fingerprint density at radius 2 is 1.79 bits per heavy atom. The molecule has 0 bridgehead atoms. The van der Waals surface area contributed by atoms with Gasteiger partial charge in [0.1, 0.15) is 11.1 Å². The third-order valence-electron chi connectivity index (χ3n) is 5.43. The zero-order chi connectivity index (χ0) is 20.2. The van der Waals surface area contributed by atoms with Crippen LogP contribution in [-0.4, -0.2) is 30.4 Å². The van der Waals surface area contributed by atoms with Gasteiger partial charge >= 0.3 is 5.63 Å². The van der Waals surface area contributed by atoms with E-state index in [-0.39, 0.29) is 11.6 Å². The maximum atomic E-state index is 12.8. The Balaban J connectivity index is 1.55. The summed E-state index contributed by atoms with van der Waals surface area (Å²) in [5.74, 6) is -0.416. The second-order valence-corrected chi connectivity index (χ2v) is 7.80. The van der Waals surface area contributed by atoms with E-state index in [4.69, 9.17) is 16.0 Å². The monoisotopic (exact) mass is 410 g/mol. The third kappa shape index (κ3) is 4.52. The second kappa shape index (κ2) is 8.80. The zero-order valence-corrected chi connectivity index (χ0v) is 16.8. The summed E-state index contributed by atoms with van der Waals surface area (Å²) in [6.07, 6.45) is 3.52. The van der Waals surface area contributed by atoms with Crippen LogP contribution in [0.15, 0.2) is 63.8 Å². The van der Waals surface area contributed by atoms with E-state index in [1.165, 1.54) is 6.42 Å². The van der Waals surface area contributed by atoms with Crippen molar-refractivity contribution in [2.45, 2.75) is 25.3 Å². The first kappa shape index (κ1) is 19.7. The minimum Gasteiger partial charge on any atom is -0.422 e. The number of hydrogen-bond donors (Lipinski definition) is 1. The van der Waals surface area contributed by atoms with Crippen LogP contribution in [0, 0.1) is 0 Å². The number of benzene rings is 2. The van der Waals surface area contributed by atoms with Gasteiger partial charge in [-0.25, -0.2) is 4.79 Å². The molecular weight excluding hydrogens is 388 g/mol. The van der Waals surface area contributed by atoms with Gasteiger partial charge in [-0.05, 0) is 55.8 Å². The number of carbonyl (C=O) groups is 1. The summed E-state index contributed by atoms with van der Waals surface area (Å²) in [5, 5.41) is 4.35. The Hall–Kier alpha value is -2.63. The summed E-state index contributed by atoms with van der Waals surface area (Å²) in [6.45, 7) is 2.38. The third-order valence-corrected chi connectivity index (χ3v) is 5.68. The van der Waals surface area contributed by atoms with E-state index in [2.05, 4.69) is 10.2 Å². The molecular formula is C23H23ClN2O3. The maximum absolute atomic E-state index is 12.8. The lowest BCUT2D eigenvalue weighted by atomic mass is 10.0. The number of fused-ring (bicyclic) bond motifs is 1. The summed E-state index contributed by atoms with van der Waals surface area (Å²) in [6, 6.07) is 16.5. The number of nitrogens with one attached hydrogen (secondary N) is 1. The summed E-state index contributed by atoms with van der Waals surface area (Å²) < 4.78 is 5.29. The Morgan fingerprint density at radius 1 is 1.07 bits per heavy atom. The first-order valence-corrected chi connectivity index (χ1v) is 10.3. The topological polar surface area (TPSA) is 62.6 Å². The highest BCUT2D eigenvalue weighted by atomic mass is 35.5. The van der Waals surface area contributed by atoms with Gasteiger partial charge < -0.3 is 9.73 Å². The van der Waals surface area contributed by atoms with Crippen LogP contribution in [0.4, 0.5) is 0 Å². The number of carbonyl (C=O) groups excluding carboxylic acids is 1. The lowest BCUT2D eigenvalue weighted by Crippen LogP contribution is -2.41. The van der Waals surface area contributed by atoms with E-state index in [0.717, 1.165) is 36.9 Å². The molecule has 150 valence electrons. The first-order valence-electron chi connectivity index (χ1n) is 9.92. The minimum absolute atomic E-state index is 0.0252. The summed E-state index contributed by atoms with van der Waals surface area (Å²) in [5.41, 5.74) is 0.975. The van der Waals surface area contributed by atoms with Gasteiger partial charge in [0.25, 0.3) is 5.91 Å². The van der Waals surface area contributed by atoms with Crippen molar-refractivity contribution in [1.82, 2.24) is 10.2 Å². The fourth-order valence-electron chi connectivity index (χ4n) is 3.88. The summed E-state index contributed by atoms with van der Waals surface area (Å²) >= 11 is 6.05. The van der Waals surface area contributed by atoms with Gasteiger partial charge in [0.15, 0.2) is 0 Å². The lowest BCUT2D eigenvalue weighted by molar-refractivity contribution is 0.0921. The number of hydrogen-bond acceptors (Lipinski definition) is 4. The van der Waals surface area contributed by atoms with Crippen LogP contribution in [0.5, 0.6) is 0 Å². The quantitative estimate of drug-likeness (QED) is 0.633. The largest absolute Gasteiger partial charge is 0.422 e. The number of amides is 1. The van der Waals surface area contributed by atoms with E-state index in [0.29, 0.717) is 17.2 Å². The molecule has 0 unspecified atom stereocenters. The van der Waals surface area contributed by atoms with Crippen molar-refractivity contribution in [1.29, 1.82) is 0 Å². The molecule has 1 amide bonds. The number of halogens is 1. The van der Waals surface area contributed by atoms with Gasteiger partial charge in [-0.2, -0.15) is 0 Å². The number of piperidine rings is 1. The molecule has 6 heteroatoms. The van der Waals surface area contributed by atoms with Gasteiger partial charge in [0.05, 0.1) is 6.04 Å². The molecule has 1 atom stereocenters. The number of rotatable bonds is 5. The average Bonchev–Trinajstić information content (AvgIpc) is 2.75. The smallest absolute Gasteiger partial charge is 0.349 e. The van der Waals surface area contributed by atoms with E-state index in [1.807, 2.05) is 36.4 Å². The molecule has 1 N–H and O–H groups in total. The molecule has 0 aliphatic carbocycles. The number of likely N-dealkylation sites (tertiary alicyclic amines) is 1. The molecule has 2 aromatic carbocycles. The molecule has 1 aromatic heterocycles. The van der Waals surface area contributed by atoms with Gasteiger partial charge in [-0.3, -0.25) is 9.69 Å². The summed E-state index contributed by atoms with van der Waals surface area (Å²) in [7, 11) is 0. The highest BCUT2D eigenvalue weighted by Crippen LogP contribution is 2.25. The normalized spacial score (nSPS) is 15.9. The molecule has 2 heterocycles. The zero-order valence-electron chi connectivity index (χ0n) is 16.1. The summed E-state index contributed by atoms with van der Waals surface area (Å²) in [4.78, 5) is 27.4. The molecule has 5 nitrogen and oxygen atoms in total. The fraction of sp³-hybridized carbons (Fsp3) is 0.304. The molecule has 0 spiro atoms. The molecule has 3 aromatic rings. The van der Waals surface area contributed by atoms with Crippen molar-refractivity contribution >= 4 is 28.5 Å². The van der Waals surface area contributed by atoms with Crippen LogP contribution in [0.25, 0.3) is 11.0 Å². The molecule has 0 saturated carbocycles.